The second kappa shape index (κ2) is 7.86. The number of rotatable bonds is 4. The van der Waals surface area contributed by atoms with Gasteiger partial charge < -0.3 is 24.6 Å². The van der Waals surface area contributed by atoms with Crippen LogP contribution < -0.4 is 0 Å². The molecule has 0 saturated carbocycles. The van der Waals surface area contributed by atoms with Crippen LogP contribution in [0.25, 0.3) is 0 Å². The van der Waals surface area contributed by atoms with Crippen LogP contribution in [0.3, 0.4) is 0 Å². The molecule has 0 aliphatic carbocycles. The maximum absolute atomic E-state index is 12.8. The number of H-pyrrole nitrogens is 1. The Bertz CT molecular complexity index is 600. The molecule has 0 radical (unpaired) electrons. The first kappa shape index (κ1) is 19.2. The van der Waals surface area contributed by atoms with Crippen LogP contribution in [0, 0.1) is 6.92 Å². The lowest BCUT2D eigenvalue weighted by atomic mass is 10.0. The average Bonchev–Trinajstić information content (AvgIpc) is 2.96. The van der Waals surface area contributed by atoms with Gasteiger partial charge in [0.15, 0.2) is 0 Å². The number of aromatic amines is 1. The van der Waals surface area contributed by atoms with E-state index in [9.17, 15) is 14.7 Å². The minimum atomic E-state index is -0.523. The molecular weight excluding hydrogens is 324 g/mol. The van der Waals surface area contributed by atoms with Gasteiger partial charge >= 0.3 is 6.09 Å². The zero-order chi connectivity index (χ0) is 18.6. The first-order valence-corrected chi connectivity index (χ1v) is 8.62. The van der Waals surface area contributed by atoms with E-state index >= 15 is 0 Å². The summed E-state index contributed by atoms with van der Waals surface area (Å²) in [5.74, 6) is -0.167. The Balaban J connectivity index is 1.99. The van der Waals surface area contributed by atoms with Crippen molar-refractivity contribution in [3.63, 3.8) is 0 Å². The molecule has 2 amide bonds. The maximum Gasteiger partial charge on any atom is 0.410 e. The monoisotopic (exact) mass is 352 g/mol. The number of imidazole rings is 1. The highest BCUT2D eigenvalue weighted by Gasteiger charge is 2.32. The molecule has 0 aromatic carbocycles. The molecule has 0 spiro atoms. The molecule has 1 saturated heterocycles. The zero-order valence-corrected chi connectivity index (χ0v) is 15.4. The number of aromatic nitrogens is 2. The summed E-state index contributed by atoms with van der Waals surface area (Å²) in [5, 5.41) is 9.35. The van der Waals surface area contributed by atoms with E-state index in [0.717, 1.165) is 0 Å². The number of hydrogen-bond acceptors (Lipinski definition) is 5. The lowest BCUT2D eigenvalue weighted by Crippen LogP contribution is -2.50. The number of ether oxygens (including phenoxy) is 1. The molecule has 1 aliphatic heterocycles. The summed E-state index contributed by atoms with van der Waals surface area (Å²) in [6.07, 6.45) is 2.47. The Morgan fingerprint density at radius 2 is 2.04 bits per heavy atom. The van der Waals surface area contributed by atoms with Crippen molar-refractivity contribution in [1.82, 2.24) is 19.8 Å². The fourth-order valence-corrected chi connectivity index (χ4v) is 2.97. The lowest BCUT2D eigenvalue weighted by molar-refractivity contribution is 0.0136. The van der Waals surface area contributed by atoms with Gasteiger partial charge in [-0.05, 0) is 40.5 Å². The van der Waals surface area contributed by atoms with E-state index in [1.807, 2.05) is 20.8 Å². The van der Waals surface area contributed by atoms with Gasteiger partial charge in [-0.3, -0.25) is 4.79 Å². The number of nitrogens with zero attached hydrogens (tertiary/aromatic N) is 3. The van der Waals surface area contributed by atoms with Gasteiger partial charge in [-0.2, -0.15) is 0 Å². The Hall–Kier alpha value is -2.09. The van der Waals surface area contributed by atoms with E-state index in [-0.39, 0.29) is 31.2 Å². The second-order valence-electron chi connectivity index (χ2n) is 7.28. The molecular formula is C17H28N4O4. The summed E-state index contributed by atoms with van der Waals surface area (Å²) in [6, 6.07) is -0.0268. The third-order valence-corrected chi connectivity index (χ3v) is 4.20. The highest BCUT2D eigenvalue weighted by Crippen LogP contribution is 2.21. The molecule has 8 nitrogen and oxygen atoms in total. The normalized spacial score (nSPS) is 16.0. The number of aryl methyl sites for hydroxylation is 1. The second-order valence-corrected chi connectivity index (χ2v) is 7.28. The van der Waals surface area contributed by atoms with Crippen molar-refractivity contribution < 1.29 is 19.4 Å². The van der Waals surface area contributed by atoms with E-state index < -0.39 is 5.60 Å². The van der Waals surface area contributed by atoms with Gasteiger partial charge in [0.2, 0.25) is 0 Å². The molecule has 0 unspecified atom stereocenters. The third kappa shape index (κ3) is 4.94. The fourth-order valence-electron chi connectivity index (χ4n) is 2.97. The van der Waals surface area contributed by atoms with Gasteiger partial charge in [0.1, 0.15) is 11.3 Å². The van der Waals surface area contributed by atoms with Gasteiger partial charge in [0.25, 0.3) is 5.91 Å². The molecule has 2 heterocycles. The Morgan fingerprint density at radius 3 is 2.52 bits per heavy atom. The Labute approximate surface area is 148 Å². The van der Waals surface area contributed by atoms with Crippen LogP contribution in [-0.2, 0) is 4.74 Å². The molecule has 1 aromatic heterocycles. The van der Waals surface area contributed by atoms with Gasteiger partial charge in [-0.25, -0.2) is 9.78 Å². The number of piperidine rings is 1. The molecule has 1 fully saturated rings. The minimum Gasteiger partial charge on any atom is -0.444 e. The minimum absolute atomic E-state index is 0.0268. The quantitative estimate of drug-likeness (QED) is 0.857. The number of aliphatic hydroxyl groups is 1. The highest BCUT2D eigenvalue weighted by atomic mass is 16.6. The van der Waals surface area contributed by atoms with Gasteiger partial charge in [0.05, 0.1) is 18.6 Å². The molecule has 0 atom stereocenters. The smallest absolute Gasteiger partial charge is 0.410 e. The maximum atomic E-state index is 12.8. The predicted molar refractivity (Wildman–Crippen MR) is 92.3 cm³/mol. The number of amides is 2. The fraction of sp³-hybridized carbons (Fsp3) is 0.706. The van der Waals surface area contributed by atoms with Crippen LogP contribution in [0.2, 0.25) is 0 Å². The van der Waals surface area contributed by atoms with E-state index in [2.05, 4.69) is 9.97 Å². The third-order valence-electron chi connectivity index (χ3n) is 4.20. The number of nitrogens with one attached hydrogen (secondary N) is 1. The first-order chi connectivity index (χ1) is 11.7. The van der Waals surface area contributed by atoms with Gasteiger partial charge in [-0.1, -0.05) is 0 Å². The predicted octanol–water partition coefficient (Wildman–Crippen LogP) is 1.55. The summed E-state index contributed by atoms with van der Waals surface area (Å²) >= 11 is 0. The molecule has 25 heavy (non-hydrogen) atoms. The van der Waals surface area contributed by atoms with Crippen LogP contribution >= 0.6 is 0 Å². The number of carbonyl (C=O) groups is 2. The molecule has 8 heteroatoms. The van der Waals surface area contributed by atoms with Crippen LogP contribution in [0.15, 0.2) is 6.33 Å². The topological polar surface area (TPSA) is 98.8 Å². The van der Waals surface area contributed by atoms with Gasteiger partial charge in [-0.15, -0.1) is 0 Å². The summed E-state index contributed by atoms with van der Waals surface area (Å²) in [6.45, 7) is 8.49. The van der Waals surface area contributed by atoms with Crippen LogP contribution in [-0.4, -0.2) is 74.8 Å². The molecule has 0 bridgehead atoms. The SMILES string of the molecule is Cc1nc[nH]c1C(=O)N(CCO)C1CCN(C(=O)OC(C)(C)C)CC1. The van der Waals surface area contributed by atoms with Crippen molar-refractivity contribution in [3.05, 3.63) is 17.7 Å². The van der Waals surface area contributed by atoms with E-state index in [1.165, 1.54) is 6.33 Å². The average molecular weight is 352 g/mol. The van der Waals surface area contributed by atoms with Crippen molar-refractivity contribution in [2.75, 3.05) is 26.2 Å². The number of aliphatic hydroxyl groups excluding tert-OH is 1. The largest absolute Gasteiger partial charge is 0.444 e. The summed E-state index contributed by atoms with van der Waals surface area (Å²) < 4.78 is 5.40. The van der Waals surface area contributed by atoms with Crippen molar-refractivity contribution in [2.45, 2.75) is 52.2 Å². The number of carbonyl (C=O) groups excluding carboxylic acids is 2. The first-order valence-electron chi connectivity index (χ1n) is 8.62. The Morgan fingerprint density at radius 1 is 1.40 bits per heavy atom. The van der Waals surface area contributed by atoms with Crippen molar-refractivity contribution >= 4 is 12.0 Å². The van der Waals surface area contributed by atoms with Crippen LogP contribution in [0.4, 0.5) is 4.79 Å². The zero-order valence-electron chi connectivity index (χ0n) is 15.4. The van der Waals surface area contributed by atoms with Crippen LogP contribution in [0.5, 0.6) is 0 Å². The van der Waals surface area contributed by atoms with Crippen molar-refractivity contribution in [3.8, 4) is 0 Å². The van der Waals surface area contributed by atoms with Crippen molar-refractivity contribution in [1.29, 1.82) is 0 Å². The number of hydrogen-bond donors (Lipinski definition) is 2. The molecule has 1 aromatic rings. The Kier molecular flexibility index (Phi) is 6.05. The molecule has 2 N–H and O–H groups in total. The van der Waals surface area contributed by atoms with Gasteiger partial charge in [0, 0.05) is 25.7 Å². The summed E-state index contributed by atoms with van der Waals surface area (Å²) in [4.78, 5) is 35.2. The molecule has 2 rings (SSSR count). The van der Waals surface area contributed by atoms with E-state index in [1.54, 1.807) is 16.7 Å². The summed E-state index contributed by atoms with van der Waals surface area (Å²) in [5.41, 5.74) is 0.562. The highest BCUT2D eigenvalue weighted by molar-refractivity contribution is 5.93. The lowest BCUT2D eigenvalue weighted by Gasteiger charge is -2.38. The van der Waals surface area contributed by atoms with E-state index in [0.29, 0.717) is 37.3 Å². The number of likely N-dealkylation sites (tertiary alicyclic amines) is 1. The molecule has 140 valence electrons. The van der Waals surface area contributed by atoms with Crippen LogP contribution in [0.1, 0.15) is 49.8 Å². The van der Waals surface area contributed by atoms with E-state index in [4.69, 9.17) is 4.74 Å². The summed E-state index contributed by atoms with van der Waals surface area (Å²) in [7, 11) is 0. The van der Waals surface area contributed by atoms with Crippen molar-refractivity contribution in [2.24, 2.45) is 0 Å². The standard InChI is InChI=1S/C17H28N4O4/c1-12-14(19-11-18-12)15(23)21(9-10-22)13-5-7-20(8-6-13)16(24)25-17(2,3)4/h11,13,22H,5-10H2,1-4H3,(H,18,19). The molecule has 1 aliphatic rings.